The third-order valence-corrected chi connectivity index (χ3v) is 7.43. The highest BCUT2D eigenvalue weighted by molar-refractivity contribution is 5.95. The number of hydrogen-bond acceptors (Lipinski definition) is 4. The lowest BCUT2D eigenvalue weighted by Gasteiger charge is -2.44. The summed E-state index contributed by atoms with van der Waals surface area (Å²) < 4.78 is 1.87. The number of nitrogens with one attached hydrogen (secondary N) is 1. The zero-order chi connectivity index (χ0) is 24.7. The SMILES string of the molecule is CC(=O)N[C@@]12CN(C)CC[C@@H]1[C@@H](c1ccccc1)N(C(=O)c1cccc(-n3nc(C)cc3C)c1)C2. The minimum Gasteiger partial charge on any atom is -0.347 e. The molecule has 35 heavy (non-hydrogen) atoms. The molecule has 0 saturated carbocycles. The zero-order valence-electron chi connectivity index (χ0n) is 20.9. The summed E-state index contributed by atoms with van der Waals surface area (Å²) in [5, 5.41) is 7.87. The molecule has 3 atom stereocenters. The second kappa shape index (κ2) is 8.96. The van der Waals surface area contributed by atoms with Crippen LogP contribution in [0, 0.1) is 19.8 Å². The molecule has 5 rings (SSSR count). The van der Waals surface area contributed by atoms with E-state index < -0.39 is 5.54 Å². The van der Waals surface area contributed by atoms with Gasteiger partial charge in [-0.15, -0.1) is 0 Å². The van der Waals surface area contributed by atoms with E-state index in [0.717, 1.165) is 42.1 Å². The van der Waals surface area contributed by atoms with E-state index in [0.29, 0.717) is 12.1 Å². The van der Waals surface area contributed by atoms with E-state index in [4.69, 9.17) is 0 Å². The van der Waals surface area contributed by atoms with Crippen LogP contribution in [0.3, 0.4) is 0 Å². The molecule has 2 aliphatic heterocycles. The van der Waals surface area contributed by atoms with Gasteiger partial charge in [-0.25, -0.2) is 4.68 Å². The number of aryl methyl sites for hydroxylation is 2. The maximum atomic E-state index is 14.1. The highest BCUT2D eigenvalue weighted by atomic mass is 16.2. The molecule has 2 aliphatic rings. The molecule has 0 radical (unpaired) electrons. The fourth-order valence-corrected chi connectivity index (χ4v) is 6.17. The lowest BCUT2D eigenvalue weighted by molar-refractivity contribution is -0.122. The van der Waals surface area contributed by atoms with Crippen LogP contribution in [0.25, 0.3) is 5.69 Å². The van der Waals surface area contributed by atoms with Crippen LogP contribution in [0.15, 0.2) is 60.7 Å². The minimum atomic E-state index is -0.484. The Morgan fingerprint density at radius 1 is 1.03 bits per heavy atom. The van der Waals surface area contributed by atoms with Crippen LogP contribution >= 0.6 is 0 Å². The van der Waals surface area contributed by atoms with Crippen LogP contribution in [0.4, 0.5) is 0 Å². The van der Waals surface area contributed by atoms with Gasteiger partial charge in [0, 0.05) is 37.2 Å². The second-order valence-electron chi connectivity index (χ2n) is 10.1. The van der Waals surface area contributed by atoms with Gasteiger partial charge in [-0.1, -0.05) is 36.4 Å². The summed E-state index contributed by atoms with van der Waals surface area (Å²) >= 11 is 0. The molecular formula is C28H33N5O2. The number of fused-ring (bicyclic) bond motifs is 1. The average Bonchev–Trinajstić information content (AvgIpc) is 3.34. The monoisotopic (exact) mass is 471 g/mol. The summed E-state index contributed by atoms with van der Waals surface area (Å²) in [6, 6.07) is 19.8. The number of piperidine rings is 1. The lowest BCUT2D eigenvalue weighted by atomic mass is 9.76. The van der Waals surface area contributed by atoms with Crippen molar-refractivity contribution in [3.63, 3.8) is 0 Å². The maximum Gasteiger partial charge on any atom is 0.254 e. The van der Waals surface area contributed by atoms with Crippen LogP contribution in [-0.4, -0.2) is 63.6 Å². The third kappa shape index (κ3) is 4.25. The van der Waals surface area contributed by atoms with Gasteiger partial charge in [0.05, 0.1) is 23.0 Å². The molecule has 3 heterocycles. The zero-order valence-corrected chi connectivity index (χ0v) is 20.9. The van der Waals surface area contributed by atoms with E-state index in [1.54, 1.807) is 6.92 Å². The van der Waals surface area contributed by atoms with Crippen molar-refractivity contribution < 1.29 is 9.59 Å². The molecule has 0 aliphatic carbocycles. The Balaban J connectivity index is 1.57. The summed E-state index contributed by atoms with van der Waals surface area (Å²) in [4.78, 5) is 30.7. The highest BCUT2D eigenvalue weighted by Gasteiger charge is 2.56. The molecule has 2 aromatic carbocycles. The number of nitrogens with zero attached hydrogens (tertiary/aromatic N) is 4. The summed E-state index contributed by atoms with van der Waals surface area (Å²) in [6.07, 6.45) is 0.909. The molecule has 2 saturated heterocycles. The predicted octanol–water partition coefficient (Wildman–Crippen LogP) is 3.51. The number of benzene rings is 2. The second-order valence-corrected chi connectivity index (χ2v) is 10.1. The standard InChI is InChI=1S/C28H33N5O2/c1-19-15-20(2)33(30-19)24-12-8-11-23(16-24)27(35)32-18-28(29-21(3)34)17-31(4)14-13-25(28)26(32)22-9-6-5-7-10-22/h5-12,15-16,25-26H,13-14,17-18H2,1-4H3,(H,29,34)/t25-,26-,28-/m1/s1. The Morgan fingerprint density at radius 3 is 2.49 bits per heavy atom. The molecule has 0 unspecified atom stereocenters. The minimum absolute atomic E-state index is 0.0241. The first-order valence-electron chi connectivity index (χ1n) is 12.2. The van der Waals surface area contributed by atoms with Crippen molar-refractivity contribution in [2.45, 2.75) is 38.8 Å². The fourth-order valence-electron chi connectivity index (χ4n) is 6.17. The number of rotatable bonds is 4. The van der Waals surface area contributed by atoms with Gasteiger partial charge in [0.1, 0.15) is 0 Å². The van der Waals surface area contributed by atoms with Crippen molar-refractivity contribution >= 4 is 11.8 Å². The average molecular weight is 472 g/mol. The molecule has 2 amide bonds. The molecule has 1 N–H and O–H groups in total. The Bertz CT molecular complexity index is 1250. The van der Waals surface area contributed by atoms with Crippen molar-refractivity contribution in [2.24, 2.45) is 5.92 Å². The predicted molar refractivity (Wildman–Crippen MR) is 135 cm³/mol. The number of carbonyl (C=O) groups is 2. The summed E-state index contributed by atoms with van der Waals surface area (Å²) in [5.74, 6) is 0.0510. The molecule has 0 bridgehead atoms. The van der Waals surface area contributed by atoms with E-state index in [9.17, 15) is 9.59 Å². The Labute approximate surface area is 206 Å². The van der Waals surface area contributed by atoms with Gasteiger partial charge in [-0.05, 0) is 63.7 Å². The topological polar surface area (TPSA) is 70.5 Å². The van der Waals surface area contributed by atoms with E-state index in [-0.39, 0.29) is 23.8 Å². The molecule has 3 aromatic rings. The van der Waals surface area contributed by atoms with Crippen LogP contribution in [-0.2, 0) is 4.79 Å². The normalized spacial score (nSPS) is 24.3. The molecular weight excluding hydrogens is 438 g/mol. The number of amides is 2. The molecule has 7 heteroatoms. The largest absolute Gasteiger partial charge is 0.347 e. The smallest absolute Gasteiger partial charge is 0.254 e. The fraction of sp³-hybridized carbons (Fsp3) is 0.393. The summed E-state index contributed by atoms with van der Waals surface area (Å²) in [5.41, 5.74) is 4.08. The molecule has 182 valence electrons. The van der Waals surface area contributed by atoms with Crippen LogP contribution < -0.4 is 5.32 Å². The van der Waals surface area contributed by atoms with Gasteiger partial charge in [-0.3, -0.25) is 9.59 Å². The first-order chi connectivity index (χ1) is 16.8. The van der Waals surface area contributed by atoms with Crippen molar-refractivity contribution in [3.05, 3.63) is 83.2 Å². The molecule has 7 nitrogen and oxygen atoms in total. The molecule has 1 aromatic heterocycles. The number of likely N-dealkylation sites (N-methyl/N-ethyl adjacent to an activating group) is 1. The van der Waals surface area contributed by atoms with E-state index in [1.165, 1.54) is 0 Å². The van der Waals surface area contributed by atoms with Crippen molar-refractivity contribution in [3.8, 4) is 5.69 Å². The Hall–Kier alpha value is -3.45. The molecule has 0 spiro atoms. The number of hydrogen-bond donors (Lipinski definition) is 1. The first kappa shape index (κ1) is 23.3. The first-order valence-corrected chi connectivity index (χ1v) is 12.2. The van der Waals surface area contributed by atoms with Crippen molar-refractivity contribution in [1.82, 2.24) is 24.9 Å². The van der Waals surface area contributed by atoms with Gasteiger partial charge in [0.25, 0.3) is 5.91 Å². The van der Waals surface area contributed by atoms with Crippen LogP contribution in [0.5, 0.6) is 0 Å². The van der Waals surface area contributed by atoms with Gasteiger partial charge in [0.2, 0.25) is 5.91 Å². The van der Waals surface area contributed by atoms with Gasteiger partial charge in [0.15, 0.2) is 0 Å². The van der Waals surface area contributed by atoms with E-state index in [2.05, 4.69) is 34.5 Å². The van der Waals surface area contributed by atoms with Crippen LogP contribution in [0.2, 0.25) is 0 Å². The Morgan fingerprint density at radius 2 is 1.80 bits per heavy atom. The van der Waals surface area contributed by atoms with E-state index >= 15 is 0 Å². The number of aromatic nitrogens is 2. The number of carbonyl (C=O) groups excluding carboxylic acids is 2. The third-order valence-electron chi connectivity index (χ3n) is 7.43. The van der Waals surface area contributed by atoms with Gasteiger partial charge < -0.3 is 15.1 Å². The van der Waals surface area contributed by atoms with Crippen LogP contribution in [0.1, 0.15) is 46.7 Å². The summed E-state index contributed by atoms with van der Waals surface area (Å²) in [6.45, 7) is 7.68. The highest BCUT2D eigenvalue weighted by Crippen LogP contribution is 2.48. The van der Waals surface area contributed by atoms with E-state index in [1.807, 2.05) is 72.0 Å². The van der Waals surface area contributed by atoms with Crippen molar-refractivity contribution in [1.29, 1.82) is 0 Å². The van der Waals surface area contributed by atoms with Crippen molar-refractivity contribution in [2.75, 3.05) is 26.7 Å². The van der Waals surface area contributed by atoms with Gasteiger partial charge in [-0.2, -0.15) is 5.10 Å². The Kier molecular flexibility index (Phi) is 5.97. The quantitative estimate of drug-likeness (QED) is 0.632. The maximum absolute atomic E-state index is 14.1. The summed E-state index contributed by atoms with van der Waals surface area (Å²) in [7, 11) is 2.08. The lowest BCUT2D eigenvalue weighted by Crippen LogP contribution is -2.63. The van der Waals surface area contributed by atoms with Gasteiger partial charge >= 0.3 is 0 Å². The molecule has 2 fully saturated rings. The number of likely N-dealkylation sites (tertiary alicyclic amines) is 2.